The fraction of sp³-hybridized carbons (Fsp3) is 0.250. The third-order valence-corrected chi connectivity index (χ3v) is 5.58. The number of esters is 1. The fourth-order valence-electron chi connectivity index (χ4n) is 2.61. The molecule has 0 radical (unpaired) electrons. The maximum Gasteiger partial charge on any atom is 0.341 e. The Morgan fingerprint density at radius 1 is 1.26 bits per heavy atom. The number of halogens is 1. The van der Waals surface area contributed by atoms with E-state index < -0.39 is 0 Å². The van der Waals surface area contributed by atoms with Crippen LogP contribution in [0.4, 0.5) is 10.7 Å². The third kappa shape index (κ3) is 3.57. The summed E-state index contributed by atoms with van der Waals surface area (Å²) in [4.78, 5) is 13.4. The smallest absolute Gasteiger partial charge is 0.341 e. The molecule has 4 nitrogen and oxygen atoms in total. The molecule has 1 aliphatic carbocycles. The van der Waals surface area contributed by atoms with E-state index in [1.807, 2.05) is 24.3 Å². The molecule has 120 valence electrons. The predicted octanol–water partition coefficient (Wildman–Crippen LogP) is 4.59. The van der Waals surface area contributed by atoms with E-state index in [4.69, 9.17) is 17.0 Å². The number of methoxy groups -OCH3 is 1. The van der Waals surface area contributed by atoms with E-state index >= 15 is 0 Å². The van der Waals surface area contributed by atoms with E-state index in [0.29, 0.717) is 10.7 Å². The summed E-state index contributed by atoms with van der Waals surface area (Å²) in [7, 11) is 1.41. The van der Waals surface area contributed by atoms with Crippen LogP contribution in [0, 0.1) is 0 Å². The molecule has 0 unspecified atom stereocenters. The standard InChI is InChI=1S/C16H15BrN2O2S2/c1-21-15(20)13-11-3-2-4-12(11)23-14(13)19-16(22)18-10-7-5-9(17)6-8-10/h5-8H,2-4H2,1H3,(H2,18,19,22). The van der Waals surface area contributed by atoms with Gasteiger partial charge in [0.1, 0.15) is 5.00 Å². The summed E-state index contributed by atoms with van der Waals surface area (Å²) in [6, 6.07) is 7.72. The number of fused-ring (bicyclic) bond motifs is 1. The quantitative estimate of drug-likeness (QED) is 0.572. The molecule has 0 saturated heterocycles. The minimum Gasteiger partial charge on any atom is -0.465 e. The van der Waals surface area contributed by atoms with Gasteiger partial charge in [0.2, 0.25) is 0 Å². The zero-order chi connectivity index (χ0) is 16.4. The molecule has 0 fully saturated rings. The van der Waals surface area contributed by atoms with E-state index in [1.165, 1.54) is 12.0 Å². The number of benzene rings is 1. The SMILES string of the molecule is COC(=O)c1c(NC(=S)Nc2ccc(Br)cc2)sc2c1CCC2. The first-order valence-corrected chi connectivity index (χ1v) is 9.16. The largest absolute Gasteiger partial charge is 0.465 e. The molecular formula is C16H15BrN2O2S2. The van der Waals surface area contributed by atoms with Crippen LogP contribution in [-0.4, -0.2) is 18.2 Å². The van der Waals surface area contributed by atoms with Gasteiger partial charge < -0.3 is 15.4 Å². The second-order valence-electron chi connectivity index (χ2n) is 5.14. The number of thiocarbonyl (C=S) groups is 1. The molecule has 1 aromatic heterocycles. The van der Waals surface area contributed by atoms with E-state index in [0.717, 1.165) is 40.0 Å². The minimum absolute atomic E-state index is 0.307. The van der Waals surface area contributed by atoms with Gasteiger partial charge in [-0.15, -0.1) is 11.3 Å². The molecule has 1 heterocycles. The molecule has 0 atom stereocenters. The number of aryl methyl sites for hydroxylation is 1. The Hall–Kier alpha value is -1.44. The highest BCUT2D eigenvalue weighted by Gasteiger charge is 2.27. The molecule has 1 aliphatic rings. The lowest BCUT2D eigenvalue weighted by molar-refractivity contribution is 0.0601. The monoisotopic (exact) mass is 410 g/mol. The summed E-state index contributed by atoms with van der Waals surface area (Å²) in [5, 5.41) is 7.48. The van der Waals surface area contributed by atoms with Crippen molar-refractivity contribution >= 4 is 61.3 Å². The molecule has 0 saturated carbocycles. The molecule has 0 amide bonds. The summed E-state index contributed by atoms with van der Waals surface area (Å²) in [6.45, 7) is 0. The Morgan fingerprint density at radius 2 is 2.00 bits per heavy atom. The molecule has 1 aromatic carbocycles. The lowest BCUT2D eigenvalue weighted by Crippen LogP contribution is -2.20. The van der Waals surface area contributed by atoms with E-state index in [1.54, 1.807) is 11.3 Å². The van der Waals surface area contributed by atoms with Gasteiger partial charge in [-0.3, -0.25) is 0 Å². The van der Waals surface area contributed by atoms with Crippen molar-refractivity contribution < 1.29 is 9.53 Å². The fourth-order valence-corrected chi connectivity index (χ4v) is 4.44. The first-order valence-electron chi connectivity index (χ1n) is 7.15. The molecule has 0 aliphatic heterocycles. The summed E-state index contributed by atoms with van der Waals surface area (Å²) in [5.41, 5.74) is 2.62. The predicted molar refractivity (Wildman–Crippen MR) is 102 cm³/mol. The molecule has 7 heteroatoms. The highest BCUT2D eigenvalue weighted by Crippen LogP contribution is 2.39. The zero-order valence-electron chi connectivity index (χ0n) is 12.4. The van der Waals surface area contributed by atoms with Gasteiger partial charge in [0.25, 0.3) is 0 Å². The lowest BCUT2D eigenvalue weighted by Gasteiger charge is -2.11. The molecule has 2 N–H and O–H groups in total. The van der Waals surface area contributed by atoms with Crippen molar-refractivity contribution in [3.8, 4) is 0 Å². The number of hydrogen-bond donors (Lipinski definition) is 2. The highest BCUT2D eigenvalue weighted by molar-refractivity contribution is 9.10. The first kappa shape index (κ1) is 16.4. The molecule has 3 rings (SSSR count). The van der Waals surface area contributed by atoms with Crippen LogP contribution < -0.4 is 10.6 Å². The van der Waals surface area contributed by atoms with Crippen molar-refractivity contribution in [3.63, 3.8) is 0 Å². The third-order valence-electron chi connectivity index (χ3n) is 3.64. The maximum absolute atomic E-state index is 12.1. The van der Waals surface area contributed by atoms with Crippen LogP contribution >= 0.6 is 39.5 Å². The Morgan fingerprint density at radius 3 is 2.70 bits per heavy atom. The van der Waals surface area contributed by atoms with Crippen LogP contribution in [0.1, 0.15) is 27.2 Å². The highest BCUT2D eigenvalue weighted by atomic mass is 79.9. The van der Waals surface area contributed by atoms with Crippen molar-refractivity contribution in [1.29, 1.82) is 0 Å². The number of thiophene rings is 1. The van der Waals surface area contributed by atoms with Gasteiger partial charge in [-0.1, -0.05) is 15.9 Å². The van der Waals surface area contributed by atoms with Crippen LogP contribution in [0.15, 0.2) is 28.7 Å². The number of carbonyl (C=O) groups is 1. The van der Waals surface area contributed by atoms with Crippen molar-refractivity contribution in [2.24, 2.45) is 0 Å². The van der Waals surface area contributed by atoms with E-state index in [-0.39, 0.29) is 5.97 Å². The average molecular weight is 411 g/mol. The van der Waals surface area contributed by atoms with Crippen molar-refractivity contribution in [3.05, 3.63) is 44.7 Å². The van der Waals surface area contributed by atoms with Gasteiger partial charge >= 0.3 is 5.97 Å². The number of carbonyl (C=O) groups excluding carboxylic acids is 1. The topological polar surface area (TPSA) is 50.4 Å². The van der Waals surface area contributed by atoms with E-state index in [9.17, 15) is 4.79 Å². The second-order valence-corrected chi connectivity index (χ2v) is 7.57. The molecule has 2 aromatic rings. The summed E-state index contributed by atoms with van der Waals surface area (Å²) < 4.78 is 5.94. The number of anilines is 2. The number of nitrogens with one attached hydrogen (secondary N) is 2. The first-order chi connectivity index (χ1) is 11.1. The van der Waals surface area contributed by atoms with Gasteiger partial charge in [0.05, 0.1) is 12.7 Å². The van der Waals surface area contributed by atoms with Gasteiger partial charge in [-0.05, 0) is 61.3 Å². The van der Waals surface area contributed by atoms with Gasteiger partial charge in [0, 0.05) is 15.0 Å². The van der Waals surface area contributed by atoms with Crippen LogP contribution in [0.25, 0.3) is 0 Å². The molecule has 0 spiro atoms. The van der Waals surface area contributed by atoms with Crippen LogP contribution in [0.3, 0.4) is 0 Å². The Labute approximate surface area is 152 Å². The van der Waals surface area contributed by atoms with Crippen molar-refractivity contribution in [2.45, 2.75) is 19.3 Å². The van der Waals surface area contributed by atoms with E-state index in [2.05, 4.69) is 26.6 Å². The minimum atomic E-state index is -0.307. The number of ether oxygens (including phenoxy) is 1. The van der Waals surface area contributed by atoms with Crippen LogP contribution in [0.2, 0.25) is 0 Å². The zero-order valence-corrected chi connectivity index (χ0v) is 15.7. The summed E-state index contributed by atoms with van der Waals surface area (Å²) in [5.74, 6) is -0.307. The Kier molecular flexibility index (Phi) is 4.99. The van der Waals surface area contributed by atoms with Crippen LogP contribution in [0.5, 0.6) is 0 Å². The normalized spacial score (nSPS) is 12.6. The van der Waals surface area contributed by atoms with Gasteiger partial charge in [-0.25, -0.2) is 4.79 Å². The lowest BCUT2D eigenvalue weighted by atomic mass is 10.1. The number of rotatable bonds is 3. The molecule has 0 bridgehead atoms. The average Bonchev–Trinajstić information content (AvgIpc) is 3.09. The number of hydrogen-bond acceptors (Lipinski definition) is 4. The summed E-state index contributed by atoms with van der Waals surface area (Å²) >= 11 is 10.3. The van der Waals surface area contributed by atoms with Gasteiger partial charge in [0.15, 0.2) is 5.11 Å². The van der Waals surface area contributed by atoms with Gasteiger partial charge in [-0.2, -0.15) is 0 Å². The second kappa shape index (κ2) is 6.98. The molecular weight excluding hydrogens is 396 g/mol. The summed E-state index contributed by atoms with van der Waals surface area (Å²) in [6.07, 6.45) is 3.02. The van der Waals surface area contributed by atoms with Crippen molar-refractivity contribution in [2.75, 3.05) is 17.7 Å². The van der Waals surface area contributed by atoms with Crippen molar-refractivity contribution in [1.82, 2.24) is 0 Å². The Bertz CT molecular complexity index is 756. The Balaban J connectivity index is 1.78. The molecule has 23 heavy (non-hydrogen) atoms. The van der Waals surface area contributed by atoms with Crippen LogP contribution in [-0.2, 0) is 17.6 Å². The maximum atomic E-state index is 12.1.